The molecule has 210 valence electrons. The average molecular weight is 572 g/mol. The Hall–Kier alpha value is -4.24. The third-order valence-corrected chi connectivity index (χ3v) is 10.3. The number of rotatable bonds is 10. The summed E-state index contributed by atoms with van der Waals surface area (Å²) in [6.07, 6.45) is 0.680. The predicted molar refractivity (Wildman–Crippen MR) is 171 cm³/mol. The molecule has 0 saturated carbocycles. The largest absolute Gasteiger partial charge is 0.472 e. The van der Waals surface area contributed by atoms with E-state index in [0.717, 1.165) is 16.7 Å². The van der Waals surface area contributed by atoms with E-state index in [1.165, 1.54) is 0 Å². The average Bonchev–Trinajstić information content (AvgIpc) is 3.45. The summed E-state index contributed by atoms with van der Waals surface area (Å²) >= 11 is 0. The summed E-state index contributed by atoms with van der Waals surface area (Å²) in [6.45, 7) is 2.04. The second-order valence-corrected chi connectivity index (χ2v) is 13.1. The van der Waals surface area contributed by atoms with Gasteiger partial charge in [0.25, 0.3) is 7.37 Å². The van der Waals surface area contributed by atoms with Crippen molar-refractivity contribution in [2.24, 2.45) is 4.99 Å². The van der Waals surface area contributed by atoms with Crippen molar-refractivity contribution in [1.29, 1.82) is 0 Å². The molecule has 0 amide bonds. The maximum absolute atomic E-state index is 15.5. The molecule has 42 heavy (non-hydrogen) atoms. The predicted octanol–water partition coefficient (Wildman–Crippen LogP) is 7.39. The molecule has 1 aliphatic heterocycles. The molecule has 0 bridgehead atoms. The van der Waals surface area contributed by atoms with Crippen molar-refractivity contribution >= 4 is 23.9 Å². The fraction of sp³-hybridized carbons (Fsp3) is 0.162. The van der Waals surface area contributed by atoms with E-state index >= 15 is 4.57 Å². The van der Waals surface area contributed by atoms with E-state index in [1.807, 2.05) is 134 Å². The summed E-state index contributed by atoms with van der Waals surface area (Å²) in [6, 6.07) is 49.2. The Morgan fingerprint density at radius 3 is 1.50 bits per heavy atom. The van der Waals surface area contributed by atoms with E-state index in [-0.39, 0.29) is 6.10 Å². The first kappa shape index (κ1) is 27.9. The minimum atomic E-state index is -3.62. The van der Waals surface area contributed by atoms with Crippen molar-refractivity contribution in [3.63, 3.8) is 0 Å². The van der Waals surface area contributed by atoms with E-state index in [2.05, 4.69) is 24.3 Å². The van der Waals surface area contributed by atoms with E-state index < -0.39 is 19.0 Å². The molecule has 6 rings (SSSR count). The number of aliphatic imine (C=N–C) groups is 1. The van der Waals surface area contributed by atoms with Gasteiger partial charge in [-0.25, -0.2) is 4.99 Å². The maximum atomic E-state index is 15.5. The first-order valence-corrected chi connectivity index (χ1v) is 16.0. The molecule has 0 saturated heterocycles. The van der Waals surface area contributed by atoms with E-state index in [9.17, 15) is 0 Å². The van der Waals surface area contributed by atoms with E-state index in [0.29, 0.717) is 29.3 Å². The van der Waals surface area contributed by atoms with Gasteiger partial charge in [-0.3, -0.25) is 4.57 Å². The van der Waals surface area contributed by atoms with Crippen LogP contribution in [0.25, 0.3) is 0 Å². The van der Waals surface area contributed by atoms with Crippen molar-refractivity contribution in [1.82, 2.24) is 0 Å². The molecule has 5 heteroatoms. The van der Waals surface area contributed by atoms with Gasteiger partial charge in [-0.05, 0) is 54.4 Å². The lowest BCUT2D eigenvalue weighted by Gasteiger charge is -2.41. The van der Waals surface area contributed by atoms with Gasteiger partial charge in [-0.2, -0.15) is 0 Å². The minimum Gasteiger partial charge on any atom is -0.472 e. The highest BCUT2D eigenvalue weighted by Gasteiger charge is 2.51. The molecule has 5 aromatic rings. The summed E-state index contributed by atoms with van der Waals surface area (Å²) in [5, 5.41) is 1.31. The molecule has 0 aromatic heterocycles. The molecule has 0 aliphatic carbocycles. The highest BCUT2D eigenvalue weighted by molar-refractivity contribution is 7.74. The third kappa shape index (κ3) is 5.87. The smallest absolute Gasteiger partial charge is 0.261 e. The van der Waals surface area contributed by atoms with Crippen LogP contribution in [-0.2, 0) is 26.7 Å². The molecule has 0 unspecified atom stereocenters. The van der Waals surface area contributed by atoms with Crippen molar-refractivity contribution in [3.8, 4) is 0 Å². The van der Waals surface area contributed by atoms with Crippen LogP contribution in [0.15, 0.2) is 157 Å². The topological polar surface area (TPSA) is 47.9 Å². The summed E-state index contributed by atoms with van der Waals surface area (Å²) in [5.74, 6) is 0.580. The fourth-order valence-electron chi connectivity index (χ4n) is 5.80. The first-order chi connectivity index (χ1) is 20.6. The monoisotopic (exact) mass is 571 g/mol. The Morgan fingerprint density at radius 2 is 1.05 bits per heavy atom. The second kappa shape index (κ2) is 12.3. The molecule has 5 aromatic carbocycles. The first-order valence-electron chi connectivity index (χ1n) is 14.4. The molecule has 1 heterocycles. The van der Waals surface area contributed by atoms with Crippen molar-refractivity contribution in [2.75, 3.05) is 0 Å². The van der Waals surface area contributed by atoms with Gasteiger partial charge in [0.15, 0.2) is 0 Å². The molecular formula is C37H34NO3P. The summed E-state index contributed by atoms with van der Waals surface area (Å²) in [5.41, 5.74) is 2.06. The zero-order chi connectivity index (χ0) is 28.8. The molecule has 0 N–H and O–H groups in total. The Kier molecular flexibility index (Phi) is 8.19. The third-order valence-electron chi connectivity index (χ3n) is 7.75. The number of ether oxygens (including phenoxy) is 1. The van der Waals surface area contributed by atoms with Crippen molar-refractivity contribution in [3.05, 3.63) is 168 Å². The number of hydrogen-bond acceptors (Lipinski definition) is 4. The lowest BCUT2D eigenvalue weighted by molar-refractivity contribution is 0.0185. The van der Waals surface area contributed by atoms with Gasteiger partial charge in [-0.15, -0.1) is 0 Å². The van der Waals surface area contributed by atoms with E-state index in [4.69, 9.17) is 14.3 Å². The van der Waals surface area contributed by atoms with Crippen LogP contribution in [-0.4, -0.2) is 23.6 Å². The Bertz CT molecular complexity index is 1570. The van der Waals surface area contributed by atoms with Crippen LogP contribution in [0, 0.1) is 0 Å². The van der Waals surface area contributed by atoms with Gasteiger partial charge in [-0.1, -0.05) is 115 Å². The highest BCUT2D eigenvalue weighted by atomic mass is 31.2. The molecule has 2 atom stereocenters. The number of benzene rings is 5. The lowest BCUT2D eigenvalue weighted by atomic mass is 9.80. The summed E-state index contributed by atoms with van der Waals surface area (Å²) in [7, 11) is -3.62. The van der Waals surface area contributed by atoms with Crippen LogP contribution >= 0.6 is 7.37 Å². The molecule has 4 nitrogen and oxygen atoms in total. The van der Waals surface area contributed by atoms with Gasteiger partial charge in [0.1, 0.15) is 17.7 Å². The van der Waals surface area contributed by atoms with Crippen LogP contribution in [0.1, 0.15) is 23.6 Å². The van der Waals surface area contributed by atoms with Gasteiger partial charge < -0.3 is 9.26 Å². The zero-order valence-corrected chi connectivity index (χ0v) is 24.5. The van der Waals surface area contributed by atoms with Crippen molar-refractivity contribution < 1.29 is 13.8 Å². The van der Waals surface area contributed by atoms with Gasteiger partial charge in [0.05, 0.1) is 0 Å². The lowest BCUT2D eigenvalue weighted by Crippen LogP contribution is -2.52. The summed E-state index contributed by atoms with van der Waals surface area (Å²) in [4.78, 5) is 5.22. The Morgan fingerprint density at radius 1 is 0.643 bits per heavy atom. The quantitative estimate of drug-likeness (QED) is 0.164. The SMILES string of the molecule is C[C@H]1OC(c2ccccc2)=N[C@@H]1C(Cc1ccccc1)(Cc1ccccc1)OP(=O)(c1ccccc1)c1ccccc1. The van der Waals surface area contributed by atoms with Gasteiger partial charge >= 0.3 is 0 Å². The number of nitrogens with zero attached hydrogens (tertiary/aromatic N) is 1. The van der Waals surface area contributed by atoms with Crippen molar-refractivity contribution in [2.45, 2.75) is 37.5 Å². The normalized spacial score (nSPS) is 16.9. The van der Waals surface area contributed by atoms with Crippen LogP contribution < -0.4 is 10.6 Å². The molecular weight excluding hydrogens is 537 g/mol. The Labute approximate surface area is 248 Å². The van der Waals surface area contributed by atoms with Crippen LogP contribution in [0.3, 0.4) is 0 Å². The molecule has 1 aliphatic rings. The fourth-order valence-corrected chi connectivity index (χ4v) is 8.19. The molecule has 0 radical (unpaired) electrons. The molecule has 0 spiro atoms. The number of hydrogen-bond donors (Lipinski definition) is 0. The Balaban J connectivity index is 1.57. The van der Waals surface area contributed by atoms with Crippen LogP contribution in [0.5, 0.6) is 0 Å². The van der Waals surface area contributed by atoms with Gasteiger partial charge in [0, 0.05) is 29.0 Å². The maximum Gasteiger partial charge on any atom is 0.261 e. The van der Waals surface area contributed by atoms with Gasteiger partial charge in [0.2, 0.25) is 5.90 Å². The molecule has 0 fully saturated rings. The zero-order valence-electron chi connectivity index (χ0n) is 23.6. The standard InChI is InChI=1S/C37H34NO3P/c1-29-35(38-36(40-29)32-21-11-4-12-22-32)37(27-30-17-7-2-8-18-30,28-31-19-9-3-10-20-31)41-42(39,33-23-13-5-14-24-33)34-25-15-6-16-26-34/h2-26,29,35H,27-28H2,1H3/t29-,35+/m1/s1. The second-order valence-electron chi connectivity index (χ2n) is 10.8. The van der Waals surface area contributed by atoms with E-state index in [1.54, 1.807) is 0 Å². The summed E-state index contributed by atoms with van der Waals surface area (Å²) < 4.78 is 29.3. The van der Waals surface area contributed by atoms with Crippen LogP contribution in [0.4, 0.5) is 0 Å². The van der Waals surface area contributed by atoms with Crippen LogP contribution in [0.2, 0.25) is 0 Å². The highest BCUT2D eigenvalue weighted by Crippen LogP contribution is 2.52. The minimum absolute atomic E-state index is 0.312.